The number of nitrogens with zero attached hydrogens (tertiary/aromatic N) is 2. The van der Waals surface area contributed by atoms with Crippen LogP contribution in [0, 0.1) is 11.8 Å². The number of carbonyl (C=O) groups excluding carboxylic acids is 1. The number of halogens is 1. The number of alkyl halides is 1. The van der Waals surface area contributed by atoms with Gasteiger partial charge in [-0.1, -0.05) is 0 Å². The van der Waals surface area contributed by atoms with Gasteiger partial charge in [-0.2, -0.15) is 0 Å². The number of piperidine rings is 2. The van der Waals surface area contributed by atoms with Crippen molar-refractivity contribution in [1.82, 2.24) is 31.3 Å². The molecule has 4 aliphatic rings. The highest BCUT2D eigenvalue weighted by atomic mass is 35.5. The Balaban J connectivity index is 1.37. The summed E-state index contributed by atoms with van der Waals surface area (Å²) in [7, 11) is 0. The number of hydrogen-bond donors (Lipinski definition) is 6. The molecule has 0 aliphatic carbocycles. The third-order valence-corrected chi connectivity index (χ3v) is 7.69. The van der Waals surface area contributed by atoms with E-state index in [0.717, 1.165) is 45.4 Å². The fourth-order valence-corrected chi connectivity index (χ4v) is 5.86. The van der Waals surface area contributed by atoms with Gasteiger partial charge in [0.15, 0.2) is 0 Å². The Kier molecular flexibility index (Phi) is 6.91. The van der Waals surface area contributed by atoms with Crippen LogP contribution >= 0.6 is 11.6 Å². The van der Waals surface area contributed by atoms with Crippen LogP contribution in [0.2, 0.25) is 0 Å². The van der Waals surface area contributed by atoms with Crippen molar-refractivity contribution < 1.29 is 9.90 Å². The molecule has 4 saturated heterocycles. The molecule has 1 amide bonds. The van der Waals surface area contributed by atoms with Crippen molar-refractivity contribution in [1.29, 1.82) is 0 Å². The first-order valence-electron chi connectivity index (χ1n) is 11.4. The Bertz CT molecular complexity index is 610. The zero-order valence-corrected chi connectivity index (χ0v) is 18.9. The van der Waals surface area contributed by atoms with Crippen LogP contribution in [0.5, 0.6) is 0 Å². The molecule has 4 aliphatic heterocycles. The lowest BCUT2D eigenvalue weighted by Crippen LogP contribution is -2.64. The van der Waals surface area contributed by atoms with Crippen molar-refractivity contribution in [3.8, 4) is 0 Å². The fraction of sp³-hybridized carbons (Fsp3) is 0.950. The minimum absolute atomic E-state index is 0.00140. The molecular weight excluding hydrogens is 406 g/mol. The molecule has 0 radical (unpaired) electrons. The lowest BCUT2D eigenvalue weighted by atomic mass is 9.82. The molecule has 10 heteroatoms. The van der Waals surface area contributed by atoms with Crippen LogP contribution in [-0.2, 0) is 4.79 Å². The molecule has 4 rings (SSSR count). The monoisotopic (exact) mass is 443 g/mol. The maximum Gasteiger partial charge on any atom is 0.229 e. The Hall–Kier alpha value is -0.520. The number of hydrogen-bond acceptors (Lipinski definition) is 8. The van der Waals surface area contributed by atoms with Gasteiger partial charge in [0.25, 0.3) is 0 Å². The number of nitrogens with one attached hydrogen (secondary N) is 4. The van der Waals surface area contributed by atoms with Gasteiger partial charge in [-0.25, -0.2) is 10.4 Å². The lowest BCUT2D eigenvalue weighted by Gasteiger charge is -2.45. The largest absolute Gasteiger partial charge is 0.390 e. The summed E-state index contributed by atoms with van der Waals surface area (Å²) in [5, 5.41) is 22.4. The minimum atomic E-state index is -0.625. The molecule has 9 nitrogen and oxygen atoms in total. The highest BCUT2D eigenvalue weighted by molar-refractivity contribution is 6.21. The van der Waals surface area contributed by atoms with Gasteiger partial charge in [-0.3, -0.25) is 15.0 Å². The molecule has 0 saturated carbocycles. The Morgan fingerprint density at radius 2 is 1.97 bits per heavy atom. The molecule has 6 atom stereocenters. The van der Waals surface area contributed by atoms with Crippen molar-refractivity contribution in [3.05, 3.63) is 0 Å². The Morgan fingerprint density at radius 1 is 1.23 bits per heavy atom. The van der Waals surface area contributed by atoms with Crippen LogP contribution in [0.15, 0.2) is 0 Å². The molecule has 4 fully saturated rings. The second kappa shape index (κ2) is 9.15. The molecule has 7 N–H and O–H groups in total. The quantitative estimate of drug-likeness (QED) is 0.293. The molecule has 0 spiro atoms. The highest BCUT2D eigenvalue weighted by Crippen LogP contribution is 2.30. The summed E-state index contributed by atoms with van der Waals surface area (Å²) in [5.41, 5.74) is 8.85. The number of nitrogens with two attached hydrogens (primary N) is 1. The topological polar surface area (TPSA) is 118 Å². The van der Waals surface area contributed by atoms with Crippen LogP contribution in [0.25, 0.3) is 0 Å². The summed E-state index contributed by atoms with van der Waals surface area (Å²) in [4.78, 5) is 15.8. The van der Waals surface area contributed by atoms with E-state index in [2.05, 4.69) is 26.3 Å². The molecule has 0 aromatic heterocycles. The van der Waals surface area contributed by atoms with Crippen molar-refractivity contribution in [2.24, 2.45) is 17.6 Å². The van der Waals surface area contributed by atoms with Crippen molar-refractivity contribution >= 4 is 17.5 Å². The first kappa shape index (κ1) is 22.7. The maximum atomic E-state index is 13.3. The molecule has 6 unspecified atom stereocenters. The van der Waals surface area contributed by atoms with Gasteiger partial charge in [0.2, 0.25) is 5.91 Å². The first-order chi connectivity index (χ1) is 14.2. The molecule has 172 valence electrons. The maximum absolute atomic E-state index is 13.3. The zero-order chi connectivity index (χ0) is 21.5. The first-order valence-corrected chi connectivity index (χ1v) is 11.8. The summed E-state index contributed by atoms with van der Waals surface area (Å²) < 4.78 is 0. The van der Waals surface area contributed by atoms with Crippen molar-refractivity contribution in [2.75, 3.05) is 39.3 Å². The molecule has 4 heterocycles. The number of carbonyl (C=O) groups is 1. The van der Waals surface area contributed by atoms with Crippen LogP contribution in [0.4, 0.5) is 0 Å². The number of hydrazine groups is 1. The van der Waals surface area contributed by atoms with E-state index in [9.17, 15) is 9.90 Å². The Labute approximate surface area is 184 Å². The predicted molar refractivity (Wildman–Crippen MR) is 117 cm³/mol. The summed E-state index contributed by atoms with van der Waals surface area (Å²) in [6, 6.07) is 0.363. The van der Waals surface area contributed by atoms with Gasteiger partial charge in [-0.05, 0) is 58.7 Å². The van der Waals surface area contributed by atoms with Crippen molar-refractivity contribution in [2.45, 2.75) is 68.5 Å². The van der Waals surface area contributed by atoms with E-state index in [1.54, 1.807) is 0 Å². The van der Waals surface area contributed by atoms with Gasteiger partial charge in [0.1, 0.15) is 0 Å². The van der Waals surface area contributed by atoms with E-state index >= 15 is 0 Å². The second-order valence-electron chi connectivity index (χ2n) is 9.92. The average Bonchev–Trinajstić information content (AvgIpc) is 3.02. The van der Waals surface area contributed by atoms with E-state index in [0.29, 0.717) is 25.0 Å². The van der Waals surface area contributed by atoms with Crippen LogP contribution in [0.3, 0.4) is 0 Å². The van der Waals surface area contributed by atoms with E-state index in [1.807, 2.05) is 18.9 Å². The normalized spacial score (nSPS) is 39.6. The second-order valence-corrected chi connectivity index (χ2v) is 10.5. The number of fused-ring (bicyclic) bond motifs is 1. The minimum Gasteiger partial charge on any atom is -0.390 e. The molecular formula is C20H38ClN7O2. The van der Waals surface area contributed by atoms with Gasteiger partial charge in [0, 0.05) is 25.7 Å². The molecule has 0 bridgehead atoms. The van der Waals surface area contributed by atoms with E-state index in [4.69, 9.17) is 17.3 Å². The SMILES string of the molecule is CC(C)(O)C1CCN(C2CCNCC2NC(=O)C2C(N)NN3CC(Cl)CNC23)CC1. The zero-order valence-electron chi connectivity index (χ0n) is 18.1. The molecule has 0 aromatic carbocycles. The average molecular weight is 444 g/mol. The summed E-state index contributed by atoms with van der Waals surface area (Å²) in [5.74, 6) is -0.0362. The predicted octanol–water partition coefficient (Wildman–Crippen LogP) is -1.43. The smallest absolute Gasteiger partial charge is 0.229 e. The third-order valence-electron chi connectivity index (χ3n) is 7.39. The Morgan fingerprint density at radius 3 is 2.67 bits per heavy atom. The number of rotatable bonds is 4. The number of aliphatic hydroxyl groups is 1. The standard InChI is InChI=1S/C20H38ClN7O2/c1-20(2,30)12-4-7-27(8-5-12)15-3-6-23-10-14(15)25-19(29)16-17(22)26-28-11-13(21)9-24-18(16)28/h12-18,23-24,26,30H,3-11,22H2,1-2H3,(H,25,29). The lowest BCUT2D eigenvalue weighted by molar-refractivity contribution is -0.128. The van der Waals surface area contributed by atoms with Gasteiger partial charge in [-0.15, -0.1) is 11.6 Å². The van der Waals surface area contributed by atoms with Crippen LogP contribution in [0.1, 0.15) is 33.1 Å². The van der Waals surface area contributed by atoms with E-state index in [1.165, 1.54) is 0 Å². The fourth-order valence-electron chi connectivity index (χ4n) is 5.62. The van der Waals surface area contributed by atoms with E-state index in [-0.39, 0.29) is 29.4 Å². The summed E-state index contributed by atoms with van der Waals surface area (Å²) >= 11 is 6.24. The molecule has 30 heavy (non-hydrogen) atoms. The van der Waals surface area contributed by atoms with Crippen molar-refractivity contribution in [3.63, 3.8) is 0 Å². The van der Waals surface area contributed by atoms with Gasteiger partial charge in [0.05, 0.1) is 35.3 Å². The number of likely N-dealkylation sites (tertiary alicyclic amines) is 1. The molecule has 0 aromatic rings. The number of amides is 1. The van der Waals surface area contributed by atoms with E-state index < -0.39 is 11.8 Å². The van der Waals surface area contributed by atoms with Gasteiger partial charge < -0.3 is 21.5 Å². The van der Waals surface area contributed by atoms with Gasteiger partial charge >= 0.3 is 0 Å². The van der Waals surface area contributed by atoms with Crippen LogP contribution < -0.4 is 27.1 Å². The highest BCUT2D eigenvalue weighted by Gasteiger charge is 2.47. The summed E-state index contributed by atoms with van der Waals surface area (Å²) in [6.07, 6.45) is 2.43. The third kappa shape index (κ3) is 4.78. The van der Waals surface area contributed by atoms with Crippen LogP contribution in [-0.4, -0.2) is 95.6 Å². The summed E-state index contributed by atoms with van der Waals surface area (Å²) in [6.45, 7) is 8.82.